The third-order valence-corrected chi connectivity index (χ3v) is 5.29. The maximum atomic E-state index is 4.45. The van der Waals surface area contributed by atoms with E-state index in [1.807, 2.05) is 0 Å². The van der Waals surface area contributed by atoms with Crippen LogP contribution in [0.15, 0.2) is 12.5 Å². The first kappa shape index (κ1) is 11.9. The highest BCUT2D eigenvalue weighted by molar-refractivity contribution is 5.11. The monoisotopic (exact) mass is 260 g/mol. The summed E-state index contributed by atoms with van der Waals surface area (Å²) in [6.07, 6.45) is 12.2. The summed E-state index contributed by atoms with van der Waals surface area (Å²) < 4.78 is 2.50. The minimum atomic E-state index is 0.542. The summed E-state index contributed by atoms with van der Waals surface area (Å²) in [6.45, 7) is 3.76. The van der Waals surface area contributed by atoms with E-state index in [0.717, 1.165) is 12.6 Å². The molecule has 3 atom stereocenters. The zero-order valence-electron chi connectivity index (χ0n) is 11.6. The lowest BCUT2D eigenvalue weighted by Gasteiger charge is -2.33. The molecule has 4 nitrogen and oxygen atoms in total. The molecular weight excluding hydrogens is 236 g/mol. The average Bonchev–Trinajstić information content (AvgIpc) is 3.17. The number of fused-ring (bicyclic) bond motifs is 1. The van der Waals surface area contributed by atoms with Gasteiger partial charge in [0.1, 0.15) is 0 Å². The van der Waals surface area contributed by atoms with Gasteiger partial charge in [-0.05, 0) is 45.2 Å². The second kappa shape index (κ2) is 4.91. The topological polar surface area (TPSA) is 33.1 Å². The largest absolute Gasteiger partial charge is 0.328 e. The molecule has 3 fully saturated rings. The molecule has 0 bridgehead atoms. The Balaban J connectivity index is 1.60. The van der Waals surface area contributed by atoms with Crippen LogP contribution in [-0.4, -0.2) is 40.1 Å². The van der Waals surface area contributed by atoms with Crippen molar-refractivity contribution >= 4 is 0 Å². The number of aromatic nitrogens is 2. The van der Waals surface area contributed by atoms with Crippen LogP contribution in [0.4, 0.5) is 0 Å². The van der Waals surface area contributed by atoms with E-state index in [2.05, 4.69) is 32.3 Å². The predicted octanol–water partition coefficient (Wildman–Crippen LogP) is 2.11. The summed E-state index contributed by atoms with van der Waals surface area (Å²) in [5.74, 6) is 0. The van der Waals surface area contributed by atoms with Crippen LogP contribution in [0, 0.1) is 0 Å². The Kier molecular flexibility index (Phi) is 3.08. The lowest BCUT2D eigenvalue weighted by molar-refractivity contribution is 0.172. The van der Waals surface area contributed by atoms with E-state index in [9.17, 15) is 0 Å². The van der Waals surface area contributed by atoms with E-state index in [4.69, 9.17) is 0 Å². The van der Waals surface area contributed by atoms with Gasteiger partial charge in [-0.2, -0.15) is 0 Å². The molecule has 4 heteroatoms. The molecule has 4 rings (SSSR count). The highest BCUT2D eigenvalue weighted by atomic mass is 15.3. The molecule has 19 heavy (non-hydrogen) atoms. The van der Waals surface area contributed by atoms with E-state index in [-0.39, 0.29) is 0 Å². The highest BCUT2D eigenvalue weighted by Gasteiger charge is 2.37. The zero-order valence-corrected chi connectivity index (χ0v) is 11.6. The van der Waals surface area contributed by atoms with Gasteiger partial charge in [0, 0.05) is 24.8 Å². The molecule has 0 amide bonds. The Bertz CT molecular complexity index is 435. The van der Waals surface area contributed by atoms with Gasteiger partial charge in [0.05, 0.1) is 18.1 Å². The molecule has 0 saturated carbocycles. The summed E-state index contributed by atoms with van der Waals surface area (Å²) in [5, 5.41) is 3.62. The predicted molar refractivity (Wildman–Crippen MR) is 75.1 cm³/mol. The van der Waals surface area contributed by atoms with Crippen LogP contribution in [0.5, 0.6) is 0 Å². The number of imidazole rings is 1. The molecule has 0 aliphatic carbocycles. The van der Waals surface area contributed by atoms with Crippen molar-refractivity contribution in [3.8, 4) is 0 Å². The Morgan fingerprint density at radius 1 is 1.05 bits per heavy atom. The number of piperidine rings is 1. The van der Waals surface area contributed by atoms with Crippen molar-refractivity contribution in [2.75, 3.05) is 19.6 Å². The molecule has 4 heterocycles. The standard InChI is InChI=1S/C15H24N4/c1-2-8-18-9-6-14(13(18)5-1)19-11-16-10-15(19)12-4-3-7-17-12/h10-14,17H,1-9H2. The van der Waals surface area contributed by atoms with Crippen molar-refractivity contribution in [3.63, 3.8) is 0 Å². The molecule has 104 valence electrons. The molecular formula is C15H24N4. The van der Waals surface area contributed by atoms with Crippen LogP contribution in [0.2, 0.25) is 0 Å². The quantitative estimate of drug-likeness (QED) is 0.884. The Hall–Kier alpha value is -0.870. The van der Waals surface area contributed by atoms with E-state index < -0.39 is 0 Å². The first-order valence-electron chi connectivity index (χ1n) is 7.92. The van der Waals surface area contributed by atoms with E-state index in [1.54, 1.807) is 0 Å². The minimum Gasteiger partial charge on any atom is -0.328 e. The lowest BCUT2D eigenvalue weighted by atomic mass is 9.98. The van der Waals surface area contributed by atoms with Gasteiger partial charge in [0.2, 0.25) is 0 Å². The second-order valence-corrected chi connectivity index (χ2v) is 6.33. The van der Waals surface area contributed by atoms with Crippen LogP contribution < -0.4 is 5.32 Å². The maximum absolute atomic E-state index is 4.45. The van der Waals surface area contributed by atoms with Crippen molar-refractivity contribution in [1.82, 2.24) is 19.8 Å². The summed E-state index contributed by atoms with van der Waals surface area (Å²) in [6, 6.07) is 1.98. The molecule has 0 radical (unpaired) electrons. The van der Waals surface area contributed by atoms with Crippen molar-refractivity contribution in [3.05, 3.63) is 18.2 Å². The van der Waals surface area contributed by atoms with Gasteiger partial charge >= 0.3 is 0 Å². The molecule has 0 spiro atoms. The number of rotatable bonds is 2. The van der Waals surface area contributed by atoms with Crippen LogP contribution in [0.25, 0.3) is 0 Å². The molecule has 1 aromatic rings. The van der Waals surface area contributed by atoms with Crippen LogP contribution in [0.1, 0.15) is 56.3 Å². The fraction of sp³-hybridized carbons (Fsp3) is 0.800. The number of hydrogen-bond acceptors (Lipinski definition) is 3. The SMILES string of the molecule is c1ncn(C2CCN3CCCCC23)c1C1CCCN1. The molecule has 3 unspecified atom stereocenters. The van der Waals surface area contributed by atoms with Crippen LogP contribution in [0.3, 0.4) is 0 Å². The van der Waals surface area contributed by atoms with Crippen LogP contribution >= 0.6 is 0 Å². The summed E-state index contributed by atoms with van der Waals surface area (Å²) in [7, 11) is 0. The molecule has 3 aliphatic heterocycles. The molecule has 1 aromatic heterocycles. The molecule has 1 N–H and O–H groups in total. The maximum Gasteiger partial charge on any atom is 0.0951 e. The smallest absolute Gasteiger partial charge is 0.0951 e. The van der Waals surface area contributed by atoms with E-state index in [1.165, 1.54) is 57.3 Å². The number of nitrogens with zero attached hydrogens (tertiary/aromatic N) is 3. The zero-order chi connectivity index (χ0) is 12.7. The molecule has 3 saturated heterocycles. The molecule has 0 aromatic carbocycles. The summed E-state index contributed by atoms with van der Waals surface area (Å²) in [5.41, 5.74) is 1.43. The lowest BCUT2D eigenvalue weighted by Crippen LogP contribution is -2.38. The van der Waals surface area contributed by atoms with Gasteiger partial charge in [-0.1, -0.05) is 6.42 Å². The van der Waals surface area contributed by atoms with Crippen molar-refractivity contribution in [2.45, 2.75) is 56.7 Å². The van der Waals surface area contributed by atoms with Gasteiger partial charge in [-0.3, -0.25) is 4.90 Å². The van der Waals surface area contributed by atoms with E-state index >= 15 is 0 Å². The normalized spacial score (nSPS) is 35.7. The first-order chi connectivity index (χ1) is 9.43. The first-order valence-corrected chi connectivity index (χ1v) is 7.92. The van der Waals surface area contributed by atoms with Crippen LogP contribution in [-0.2, 0) is 0 Å². The van der Waals surface area contributed by atoms with Crippen molar-refractivity contribution in [2.24, 2.45) is 0 Å². The van der Waals surface area contributed by atoms with Crippen molar-refractivity contribution in [1.29, 1.82) is 0 Å². The minimum absolute atomic E-state index is 0.542. The van der Waals surface area contributed by atoms with E-state index in [0.29, 0.717) is 12.1 Å². The summed E-state index contributed by atoms with van der Waals surface area (Å²) >= 11 is 0. The van der Waals surface area contributed by atoms with Gasteiger partial charge in [0.25, 0.3) is 0 Å². The fourth-order valence-electron chi connectivity index (χ4n) is 4.34. The van der Waals surface area contributed by atoms with Gasteiger partial charge in [-0.15, -0.1) is 0 Å². The van der Waals surface area contributed by atoms with Crippen molar-refractivity contribution < 1.29 is 0 Å². The Labute approximate surface area is 115 Å². The van der Waals surface area contributed by atoms with Gasteiger partial charge in [-0.25, -0.2) is 4.98 Å². The number of hydrogen-bond donors (Lipinski definition) is 1. The number of nitrogens with one attached hydrogen (secondary N) is 1. The fourth-order valence-corrected chi connectivity index (χ4v) is 4.34. The molecule has 3 aliphatic rings. The third-order valence-electron chi connectivity index (χ3n) is 5.29. The highest BCUT2D eigenvalue weighted by Crippen LogP contribution is 2.37. The average molecular weight is 260 g/mol. The Morgan fingerprint density at radius 3 is 2.95 bits per heavy atom. The summed E-state index contributed by atoms with van der Waals surface area (Å²) in [4.78, 5) is 7.16. The second-order valence-electron chi connectivity index (χ2n) is 6.33. The van der Waals surface area contributed by atoms with Gasteiger partial charge < -0.3 is 9.88 Å². The Morgan fingerprint density at radius 2 is 2.05 bits per heavy atom. The van der Waals surface area contributed by atoms with Gasteiger partial charge in [0.15, 0.2) is 0 Å². The third kappa shape index (κ3) is 2.01.